The van der Waals surface area contributed by atoms with E-state index in [-0.39, 0.29) is 6.04 Å². The number of ether oxygens (including phenoxy) is 1. The molecule has 0 saturated carbocycles. The lowest BCUT2D eigenvalue weighted by Gasteiger charge is -2.08. The summed E-state index contributed by atoms with van der Waals surface area (Å²) in [4.78, 5) is 4.15. The molecule has 13 heavy (non-hydrogen) atoms. The SMILES string of the molecule is CCCOCC(N)c1cn(C)cn1. The highest BCUT2D eigenvalue weighted by Gasteiger charge is 2.07. The number of hydrogen-bond donors (Lipinski definition) is 1. The summed E-state index contributed by atoms with van der Waals surface area (Å²) in [5.74, 6) is 0. The fourth-order valence-electron chi connectivity index (χ4n) is 1.06. The third kappa shape index (κ3) is 3.16. The Kier molecular flexibility index (Phi) is 3.92. The number of aryl methyl sites for hydroxylation is 1. The standard InChI is InChI=1S/C9H17N3O/c1-3-4-13-6-8(10)9-5-12(2)7-11-9/h5,7-8H,3-4,6,10H2,1-2H3. The van der Waals surface area contributed by atoms with E-state index in [0.717, 1.165) is 18.7 Å². The van der Waals surface area contributed by atoms with E-state index in [2.05, 4.69) is 11.9 Å². The lowest BCUT2D eigenvalue weighted by atomic mass is 10.2. The maximum Gasteiger partial charge on any atom is 0.0947 e. The number of nitrogens with two attached hydrogens (primary N) is 1. The third-order valence-corrected chi connectivity index (χ3v) is 1.75. The van der Waals surface area contributed by atoms with Crippen molar-refractivity contribution in [3.05, 3.63) is 18.2 Å². The molecule has 1 atom stereocenters. The number of aromatic nitrogens is 2. The van der Waals surface area contributed by atoms with Gasteiger partial charge in [0.05, 0.1) is 24.7 Å². The maximum absolute atomic E-state index is 5.85. The summed E-state index contributed by atoms with van der Waals surface area (Å²) < 4.78 is 7.22. The topological polar surface area (TPSA) is 53.1 Å². The lowest BCUT2D eigenvalue weighted by Crippen LogP contribution is -2.17. The summed E-state index contributed by atoms with van der Waals surface area (Å²) in [5.41, 5.74) is 6.74. The van der Waals surface area contributed by atoms with Gasteiger partial charge >= 0.3 is 0 Å². The van der Waals surface area contributed by atoms with Crippen molar-refractivity contribution >= 4 is 0 Å². The molecule has 0 fully saturated rings. The Hall–Kier alpha value is -0.870. The zero-order valence-corrected chi connectivity index (χ0v) is 8.23. The zero-order valence-electron chi connectivity index (χ0n) is 8.23. The number of imidazole rings is 1. The molecule has 0 aliphatic carbocycles. The molecule has 0 aliphatic rings. The molecule has 1 aromatic rings. The molecule has 1 aromatic heterocycles. The van der Waals surface area contributed by atoms with Gasteiger partial charge in [0.15, 0.2) is 0 Å². The van der Waals surface area contributed by atoms with Gasteiger partial charge in [0.1, 0.15) is 0 Å². The second-order valence-corrected chi connectivity index (χ2v) is 3.15. The molecule has 0 saturated heterocycles. The van der Waals surface area contributed by atoms with Gasteiger partial charge in [-0.3, -0.25) is 0 Å². The molecule has 0 amide bonds. The van der Waals surface area contributed by atoms with E-state index in [1.54, 1.807) is 6.33 Å². The van der Waals surface area contributed by atoms with E-state index in [1.807, 2.05) is 17.8 Å². The molecule has 4 heteroatoms. The summed E-state index contributed by atoms with van der Waals surface area (Å²) >= 11 is 0. The first-order valence-corrected chi connectivity index (χ1v) is 4.55. The van der Waals surface area contributed by atoms with E-state index in [9.17, 15) is 0 Å². The predicted molar refractivity (Wildman–Crippen MR) is 51.2 cm³/mol. The Labute approximate surface area is 78.7 Å². The minimum absolute atomic E-state index is 0.104. The first kappa shape index (κ1) is 10.2. The van der Waals surface area contributed by atoms with Crippen LogP contribution in [0.5, 0.6) is 0 Å². The van der Waals surface area contributed by atoms with Crippen molar-refractivity contribution in [3.8, 4) is 0 Å². The van der Waals surface area contributed by atoms with E-state index in [4.69, 9.17) is 10.5 Å². The van der Waals surface area contributed by atoms with Crippen LogP contribution in [-0.2, 0) is 11.8 Å². The van der Waals surface area contributed by atoms with Crippen molar-refractivity contribution in [2.75, 3.05) is 13.2 Å². The number of rotatable bonds is 5. The van der Waals surface area contributed by atoms with Gasteiger partial charge in [0, 0.05) is 19.9 Å². The van der Waals surface area contributed by atoms with Crippen LogP contribution in [0.4, 0.5) is 0 Å². The Morgan fingerprint density at radius 1 is 1.69 bits per heavy atom. The van der Waals surface area contributed by atoms with E-state index >= 15 is 0 Å². The normalized spacial score (nSPS) is 13.2. The largest absolute Gasteiger partial charge is 0.379 e. The first-order valence-electron chi connectivity index (χ1n) is 4.55. The van der Waals surface area contributed by atoms with Gasteiger partial charge in [-0.1, -0.05) is 6.92 Å². The number of nitrogens with zero attached hydrogens (tertiary/aromatic N) is 2. The fourth-order valence-corrected chi connectivity index (χ4v) is 1.06. The highest BCUT2D eigenvalue weighted by molar-refractivity contribution is 5.02. The predicted octanol–water partition coefficient (Wildman–Crippen LogP) is 0.846. The monoisotopic (exact) mass is 183 g/mol. The fraction of sp³-hybridized carbons (Fsp3) is 0.667. The van der Waals surface area contributed by atoms with Gasteiger partial charge in [-0.05, 0) is 6.42 Å². The lowest BCUT2D eigenvalue weighted by molar-refractivity contribution is 0.121. The minimum Gasteiger partial charge on any atom is -0.379 e. The van der Waals surface area contributed by atoms with Gasteiger partial charge in [0.2, 0.25) is 0 Å². The Morgan fingerprint density at radius 2 is 2.46 bits per heavy atom. The van der Waals surface area contributed by atoms with Crippen LogP contribution in [0.15, 0.2) is 12.5 Å². The minimum atomic E-state index is -0.104. The van der Waals surface area contributed by atoms with Gasteiger partial charge in [-0.25, -0.2) is 4.98 Å². The molecule has 2 N–H and O–H groups in total. The molecule has 0 bridgehead atoms. The molecule has 0 aromatic carbocycles. The van der Waals surface area contributed by atoms with Crippen LogP contribution in [-0.4, -0.2) is 22.8 Å². The summed E-state index contributed by atoms with van der Waals surface area (Å²) in [6.07, 6.45) is 4.68. The van der Waals surface area contributed by atoms with Crippen molar-refractivity contribution in [1.82, 2.24) is 9.55 Å². The highest BCUT2D eigenvalue weighted by atomic mass is 16.5. The Balaban J connectivity index is 2.35. The van der Waals surface area contributed by atoms with Crippen LogP contribution in [0.1, 0.15) is 25.1 Å². The van der Waals surface area contributed by atoms with Crippen LogP contribution in [0.25, 0.3) is 0 Å². The summed E-state index contributed by atoms with van der Waals surface area (Å²) in [6, 6.07) is -0.104. The van der Waals surface area contributed by atoms with Crippen LogP contribution in [0.2, 0.25) is 0 Å². The number of hydrogen-bond acceptors (Lipinski definition) is 3. The van der Waals surface area contributed by atoms with Crippen molar-refractivity contribution in [2.45, 2.75) is 19.4 Å². The van der Waals surface area contributed by atoms with Crippen molar-refractivity contribution < 1.29 is 4.74 Å². The summed E-state index contributed by atoms with van der Waals surface area (Å²) in [6.45, 7) is 3.39. The molecule has 0 spiro atoms. The average molecular weight is 183 g/mol. The molecular weight excluding hydrogens is 166 g/mol. The van der Waals surface area contributed by atoms with Crippen LogP contribution in [0.3, 0.4) is 0 Å². The first-order chi connectivity index (χ1) is 6.24. The smallest absolute Gasteiger partial charge is 0.0947 e. The van der Waals surface area contributed by atoms with Crippen LogP contribution >= 0.6 is 0 Å². The summed E-state index contributed by atoms with van der Waals surface area (Å²) in [5, 5.41) is 0. The van der Waals surface area contributed by atoms with Crippen molar-refractivity contribution in [1.29, 1.82) is 0 Å². The molecular formula is C9H17N3O. The third-order valence-electron chi connectivity index (χ3n) is 1.75. The quantitative estimate of drug-likeness (QED) is 0.688. The molecule has 74 valence electrons. The second-order valence-electron chi connectivity index (χ2n) is 3.15. The molecule has 1 rings (SSSR count). The van der Waals surface area contributed by atoms with Crippen molar-refractivity contribution in [2.24, 2.45) is 12.8 Å². The van der Waals surface area contributed by atoms with Gasteiger partial charge in [-0.15, -0.1) is 0 Å². The van der Waals surface area contributed by atoms with Gasteiger partial charge in [-0.2, -0.15) is 0 Å². The van der Waals surface area contributed by atoms with E-state index in [1.165, 1.54) is 0 Å². The van der Waals surface area contributed by atoms with Gasteiger partial charge in [0.25, 0.3) is 0 Å². The maximum atomic E-state index is 5.85. The Bertz CT molecular complexity index is 247. The van der Waals surface area contributed by atoms with E-state index < -0.39 is 0 Å². The van der Waals surface area contributed by atoms with E-state index in [0.29, 0.717) is 6.61 Å². The molecule has 4 nitrogen and oxygen atoms in total. The van der Waals surface area contributed by atoms with Crippen molar-refractivity contribution in [3.63, 3.8) is 0 Å². The molecule has 0 radical (unpaired) electrons. The van der Waals surface area contributed by atoms with Crippen LogP contribution in [0, 0.1) is 0 Å². The average Bonchev–Trinajstić information content (AvgIpc) is 2.52. The zero-order chi connectivity index (χ0) is 9.68. The second kappa shape index (κ2) is 4.99. The molecule has 1 unspecified atom stereocenters. The van der Waals surface area contributed by atoms with Gasteiger partial charge < -0.3 is 15.0 Å². The molecule has 0 aliphatic heterocycles. The summed E-state index contributed by atoms with van der Waals surface area (Å²) in [7, 11) is 1.93. The Morgan fingerprint density at radius 3 is 3.00 bits per heavy atom. The molecule has 1 heterocycles. The highest BCUT2D eigenvalue weighted by Crippen LogP contribution is 2.06. The van der Waals surface area contributed by atoms with Crippen LogP contribution < -0.4 is 5.73 Å².